The van der Waals surface area contributed by atoms with Gasteiger partial charge in [-0.05, 0) is 25.5 Å². The molecule has 0 aliphatic carbocycles. The number of pyridine rings is 1. The molecule has 1 aromatic rings. The minimum atomic E-state index is -3.26. The van der Waals surface area contributed by atoms with Gasteiger partial charge in [0.05, 0.1) is 25.5 Å². The Kier molecular flexibility index (Phi) is 6.02. The highest BCUT2D eigenvalue weighted by molar-refractivity contribution is 7.88. The molecule has 2 heterocycles. The molecular formula is C16H25N3O5S. The van der Waals surface area contributed by atoms with E-state index in [9.17, 15) is 13.2 Å². The van der Waals surface area contributed by atoms with E-state index in [-0.39, 0.29) is 25.7 Å². The Morgan fingerprint density at radius 1 is 1.32 bits per heavy atom. The second-order valence-electron chi connectivity index (χ2n) is 6.66. The molecule has 0 bridgehead atoms. The maximum atomic E-state index is 12.5. The summed E-state index contributed by atoms with van der Waals surface area (Å²) in [5.41, 5.74) is 0.262. The lowest BCUT2D eigenvalue weighted by Gasteiger charge is -2.46. The average Bonchev–Trinajstić information content (AvgIpc) is 2.53. The van der Waals surface area contributed by atoms with Gasteiger partial charge in [-0.25, -0.2) is 13.4 Å². The van der Waals surface area contributed by atoms with Crippen LogP contribution in [-0.2, 0) is 26.2 Å². The highest BCUT2D eigenvalue weighted by Gasteiger charge is 2.39. The minimum absolute atomic E-state index is 0.0612. The number of rotatable bonds is 6. The third-order valence-corrected chi connectivity index (χ3v) is 5.39. The Balaban J connectivity index is 1.88. The van der Waals surface area contributed by atoms with Gasteiger partial charge in [-0.2, -0.15) is 4.31 Å². The molecule has 140 valence electrons. The molecule has 0 radical (unpaired) electrons. The van der Waals surface area contributed by atoms with E-state index in [2.05, 4.69) is 4.98 Å². The number of sulfonamides is 1. The van der Waals surface area contributed by atoms with Crippen LogP contribution < -0.4 is 4.74 Å². The van der Waals surface area contributed by atoms with E-state index in [0.29, 0.717) is 19.0 Å². The first kappa shape index (κ1) is 19.6. The van der Waals surface area contributed by atoms with Gasteiger partial charge >= 0.3 is 0 Å². The molecule has 25 heavy (non-hydrogen) atoms. The Morgan fingerprint density at radius 2 is 2.04 bits per heavy atom. The monoisotopic (exact) mass is 371 g/mol. The number of hydrogen-bond acceptors (Lipinski definition) is 6. The smallest absolute Gasteiger partial charge is 0.249 e. The molecule has 1 aliphatic heterocycles. The van der Waals surface area contributed by atoms with Crippen molar-refractivity contribution in [1.29, 1.82) is 0 Å². The molecule has 8 nitrogen and oxygen atoms in total. The molecule has 1 amide bonds. The van der Waals surface area contributed by atoms with Crippen LogP contribution in [0.3, 0.4) is 0 Å². The quantitative estimate of drug-likeness (QED) is 0.723. The summed E-state index contributed by atoms with van der Waals surface area (Å²) in [4.78, 5) is 18.2. The van der Waals surface area contributed by atoms with E-state index >= 15 is 0 Å². The predicted octanol–water partition coefficient (Wildman–Crippen LogP) is 0.489. The van der Waals surface area contributed by atoms with Crippen LogP contribution in [0.15, 0.2) is 18.3 Å². The summed E-state index contributed by atoms with van der Waals surface area (Å²) in [6, 6.07) is 3.55. The fourth-order valence-corrected chi connectivity index (χ4v) is 3.77. The second-order valence-corrected chi connectivity index (χ2v) is 8.64. The van der Waals surface area contributed by atoms with Gasteiger partial charge < -0.3 is 14.4 Å². The van der Waals surface area contributed by atoms with Crippen molar-refractivity contribution in [3.63, 3.8) is 0 Å². The van der Waals surface area contributed by atoms with Crippen molar-refractivity contribution < 1.29 is 22.7 Å². The number of aromatic nitrogens is 1. The van der Waals surface area contributed by atoms with Gasteiger partial charge in [-0.15, -0.1) is 0 Å². The molecule has 1 aromatic heterocycles. The SMILES string of the molecule is COc1ccc(COCC(=O)N2CCN(S(C)(=O)=O)CC2(C)C)cn1. The Bertz CT molecular complexity index is 703. The zero-order valence-electron chi connectivity index (χ0n) is 15.1. The Hall–Kier alpha value is -1.71. The molecule has 1 fully saturated rings. The van der Waals surface area contributed by atoms with Crippen molar-refractivity contribution in [2.75, 3.05) is 39.6 Å². The minimum Gasteiger partial charge on any atom is -0.481 e. The summed E-state index contributed by atoms with van der Waals surface area (Å²) in [6.07, 6.45) is 2.82. The van der Waals surface area contributed by atoms with Gasteiger partial charge in [0, 0.05) is 31.9 Å². The lowest BCUT2D eigenvalue weighted by molar-refractivity contribution is -0.144. The van der Waals surface area contributed by atoms with Crippen LogP contribution in [0.5, 0.6) is 5.88 Å². The van der Waals surface area contributed by atoms with Crippen LogP contribution in [0.1, 0.15) is 19.4 Å². The fraction of sp³-hybridized carbons (Fsp3) is 0.625. The molecule has 0 N–H and O–H groups in total. The summed E-state index contributed by atoms with van der Waals surface area (Å²) in [5, 5.41) is 0. The van der Waals surface area contributed by atoms with Crippen LogP contribution in [0.2, 0.25) is 0 Å². The topological polar surface area (TPSA) is 89.0 Å². The molecule has 0 spiro atoms. The summed E-state index contributed by atoms with van der Waals surface area (Å²) in [5.74, 6) is 0.366. The molecular weight excluding hydrogens is 346 g/mol. The Labute approximate surface area is 148 Å². The number of carbonyl (C=O) groups excluding carboxylic acids is 1. The van der Waals surface area contributed by atoms with Gasteiger partial charge in [0.1, 0.15) is 6.61 Å². The van der Waals surface area contributed by atoms with Crippen LogP contribution >= 0.6 is 0 Å². The van der Waals surface area contributed by atoms with Crippen molar-refractivity contribution in [1.82, 2.24) is 14.2 Å². The molecule has 9 heteroatoms. The van der Waals surface area contributed by atoms with Crippen LogP contribution in [0.25, 0.3) is 0 Å². The van der Waals surface area contributed by atoms with Gasteiger partial charge in [-0.1, -0.05) is 0 Å². The molecule has 2 rings (SSSR count). The first-order valence-electron chi connectivity index (χ1n) is 7.96. The highest BCUT2D eigenvalue weighted by Crippen LogP contribution is 2.22. The predicted molar refractivity (Wildman–Crippen MR) is 92.7 cm³/mol. The maximum Gasteiger partial charge on any atom is 0.249 e. The molecule has 1 aliphatic rings. The number of ether oxygens (including phenoxy) is 2. The summed E-state index contributed by atoms with van der Waals surface area (Å²) in [6.45, 7) is 4.86. The number of piperazine rings is 1. The number of methoxy groups -OCH3 is 1. The van der Waals surface area contributed by atoms with E-state index in [4.69, 9.17) is 9.47 Å². The van der Waals surface area contributed by atoms with Crippen molar-refractivity contribution in [2.24, 2.45) is 0 Å². The molecule has 0 atom stereocenters. The standard InChI is InChI=1S/C16H25N3O5S/c1-16(2)12-18(25(4,21)22)7-8-19(16)15(20)11-24-10-13-5-6-14(23-3)17-9-13/h5-6,9H,7-8,10-12H2,1-4H3. The average molecular weight is 371 g/mol. The zero-order valence-corrected chi connectivity index (χ0v) is 15.9. The maximum absolute atomic E-state index is 12.5. The number of amides is 1. The van der Waals surface area contributed by atoms with Gasteiger partial charge in [-0.3, -0.25) is 4.79 Å². The van der Waals surface area contributed by atoms with Gasteiger partial charge in [0.2, 0.25) is 21.8 Å². The van der Waals surface area contributed by atoms with Crippen molar-refractivity contribution in [2.45, 2.75) is 26.0 Å². The first-order valence-corrected chi connectivity index (χ1v) is 9.80. The van der Waals surface area contributed by atoms with Crippen molar-refractivity contribution >= 4 is 15.9 Å². The van der Waals surface area contributed by atoms with Crippen LogP contribution in [0.4, 0.5) is 0 Å². The summed E-state index contributed by atoms with van der Waals surface area (Å²) < 4.78 is 35.3. The van der Waals surface area contributed by atoms with E-state index in [0.717, 1.165) is 5.56 Å². The fourth-order valence-electron chi connectivity index (χ4n) is 2.81. The third-order valence-electron chi connectivity index (χ3n) is 4.14. The van der Waals surface area contributed by atoms with Crippen LogP contribution in [-0.4, -0.2) is 73.7 Å². The number of carbonyl (C=O) groups is 1. The summed E-state index contributed by atoms with van der Waals surface area (Å²) in [7, 11) is -1.71. The second kappa shape index (κ2) is 7.67. The van der Waals surface area contributed by atoms with Gasteiger partial charge in [0.25, 0.3) is 0 Å². The Morgan fingerprint density at radius 3 is 2.56 bits per heavy atom. The molecule has 0 saturated carbocycles. The van der Waals surface area contributed by atoms with E-state index in [1.54, 1.807) is 24.3 Å². The first-order chi connectivity index (χ1) is 11.6. The van der Waals surface area contributed by atoms with E-state index in [1.807, 2.05) is 19.9 Å². The van der Waals surface area contributed by atoms with Crippen molar-refractivity contribution in [3.05, 3.63) is 23.9 Å². The lowest BCUT2D eigenvalue weighted by Crippen LogP contribution is -2.62. The largest absolute Gasteiger partial charge is 0.481 e. The highest BCUT2D eigenvalue weighted by atomic mass is 32.2. The molecule has 0 unspecified atom stereocenters. The normalized spacial score (nSPS) is 18.2. The van der Waals surface area contributed by atoms with E-state index < -0.39 is 15.6 Å². The lowest BCUT2D eigenvalue weighted by atomic mass is 10.0. The molecule has 0 aromatic carbocycles. The number of nitrogens with zero attached hydrogens (tertiary/aromatic N) is 3. The number of hydrogen-bond donors (Lipinski definition) is 0. The van der Waals surface area contributed by atoms with Crippen LogP contribution in [0, 0.1) is 0 Å². The van der Waals surface area contributed by atoms with Crippen molar-refractivity contribution in [3.8, 4) is 5.88 Å². The molecule has 1 saturated heterocycles. The zero-order chi connectivity index (χ0) is 18.7. The summed E-state index contributed by atoms with van der Waals surface area (Å²) >= 11 is 0. The van der Waals surface area contributed by atoms with Gasteiger partial charge in [0.15, 0.2) is 0 Å². The third kappa shape index (κ3) is 5.13. The van der Waals surface area contributed by atoms with E-state index in [1.165, 1.54) is 10.6 Å².